The Bertz CT molecular complexity index is 1250. The van der Waals surface area contributed by atoms with Crippen LogP contribution < -0.4 is 4.90 Å². The third-order valence-corrected chi connectivity index (χ3v) is 7.87. The molecule has 0 fully saturated rings. The minimum absolute atomic E-state index is 0.00911. The fraction of sp³-hybridized carbons (Fsp3) is 0.292. The van der Waals surface area contributed by atoms with E-state index in [2.05, 4.69) is 5.10 Å². The van der Waals surface area contributed by atoms with Crippen LogP contribution in [0.25, 0.3) is 0 Å². The molecule has 0 saturated carbocycles. The summed E-state index contributed by atoms with van der Waals surface area (Å²) in [5.41, 5.74) is 1.90. The molecule has 7 nitrogen and oxygen atoms in total. The van der Waals surface area contributed by atoms with Crippen molar-refractivity contribution in [2.24, 2.45) is 0 Å². The number of benzene rings is 2. The van der Waals surface area contributed by atoms with Crippen LogP contribution >= 0.6 is 11.8 Å². The van der Waals surface area contributed by atoms with Crippen LogP contribution in [0.3, 0.4) is 0 Å². The summed E-state index contributed by atoms with van der Waals surface area (Å²) < 4.78 is 29.0. The lowest BCUT2D eigenvalue weighted by Crippen LogP contribution is -2.38. The topological polar surface area (TPSA) is 89.3 Å². The second-order valence-electron chi connectivity index (χ2n) is 7.39. The summed E-state index contributed by atoms with van der Waals surface area (Å²) in [4.78, 5) is 26.9. The molecule has 9 heteroatoms. The second-order valence-corrected chi connectivity index (χ2v) is 10.1. The number of aromatic nitrogens is 2. The molecule has 0 saturated heterocycles. The van der Waals surface area contributed by atoms with E-state index < -0.39 is 21.7 Å². The Balaban J connectivity index is 2.36. The molecular weight excluding hydrogens is 458 g/mol. The first-order chi connectivity index (χ1) is 15.8. The normalized spacial score (nSPS) is 11.4. The number of amides is 2. The first kappa shape index (κ1) is 24.7. The van der Waals surface area contributed by atoms with Gasteiger partial charge < -0.3 is 0 Å². The molecule has 0 bridgehead atoms. The average molecular weight is 486 g/mol. The van der Waals surface area contributed by atoms with Gasteiger partial charge in [-0.1, -0.05) is 56.3 Å². The Morgan fingerprint density at radius 1 is 0.970 bits per heavy atom. The van der Waals surface area contributed by atoms with Crippen molar-refractivity contribution in [3.05, 3.63) is 65.7 Å². The third kappa shape index (κ3) is 4.89. The Morgan fingerprint density at radius 2 is 1.55 bits per heavy atom. The van der Waals surface area contributed by atoms with Gasteiger partial charge in [0.05, 0.1) is 11.4 Å². The summed E-state index contributed by atoms with van der Waals surface area (Å²) in [6, 6.07) is 15.6. The van der Waals surface area contributed by atoms with Crippen LogP contribution in [-0.4, -0.2) is 36.3 Å². The molecular formula is C24H27N3O4S2. The molecule has 1 aromatic heterocycles. The van der Waals surface area contributed by atoms with Crippen LogP contribution in [0.5, 0.6) is 0 Å². The third-order valence-electron chi connectivity index (χ3n) is 5.27. The maximum atomic E-state index is 13.8. The van der Waals surface area contributed by atoms with Gasteiger partial charge >= 0.3 is 0 Å². The number of carbonyl (C=O) groups is 2. The van der Waals surface area contributed by atoms with E-state index in [0.717, 1.165) is 27.8 Å². The van der Waals surface area contributed by atoms with Gasteiger partial charge in [-0.15, -0.1) is 11.8 Å². The monoisotopic (exact) mass is 485 g/mol. The number of hydrogen-bond acceptors (Lipinski definition) is 6. The maximum Gasteiger partial charge on any atom is 0.234 e. The zero-order valence-corrected chi connectivity index (χ0v) is 20.7. The Labute approximate surface area is 198 Å². The van der Waals surface area contributed by atoms with Crippen LogP contribution in [0, 0.1) is 6.92 Å². The van der Waals surface area contributed by atoms with Crippen molar-refractivity contribution in [2.45, 2.75) is 55.0 Å². The van der Waals surface area contributed by atoms with Crippen LogP contribution in [0.1, 0.15) is 37.8 Å². The van der Waals surface area contributed by atoms with Gasteiger partial charge in [0.2, 0.25) is 21.7 Å². The number of carbonyl (C=O) groups excluding carboxylic acids is 2. The molecule has 0 spiro atoms. The Kier molecular flexibility index (Phi) is 7.76. The molecule has 0 radical (unpaired) electrons. The van der Waals surface area contributed by atoms with Gasteiger partial charge in [-0.3, -0.25) is 9.59 Å². The number of rotatable bonds is 8. The van der Waals surface area contributed by atoms with Crippen molar-refractivity contribution in [2.75, 3.05) is 11.2 Å². The molecule has 0 aliphatic carbocycles. The fourth-order valence-electron chi connectivity index (χ4n) is 3.47. The van der Waals surface area contributed by atoms with Crippen LogP contribution in [-0.2, 0) is 26.0 Å². The number of imide groups is 1. The van der Waals surface area contributed by atoms with Crippen molar-refractivity contribution < 1.29 is 18.0 Å². The van der Waals surface area contributed by atoms with E-state index in [9.17, 15) is 18.0 Å². The van der Waals surface area contributed by atoms with Crippen LogP contribution in [0.4, 0.5) is 5.82 Å². The summed E-state index contributed by atoms with van der Waals surface area (Å²) in [5.74, 6) is -0.972. The van der Waals surface area contributed by atoms with E-state index in [4.69, 9.17) is 0 Å². The van der Waals surface area contributed by atoms with E-state index in [1.165, 1.54) is 16.8 Å². The number of aryl methyl sites for hydroxylation is 1. The van der Waals surface area contributed by atoms with E-state index in [1.54, 1.807) is 38.3 Å². The molecule has 1 heterocycles. The molecule has 2 amide bonds. The van der Waals surface area contributed by atoms with Gasteiger partial charge in [0.1, 0.15) is 9.92 Å². The lowest BCUT2D eigenvalue weighted by atomic mass is 10.1. The van der Waals surface area contributed by atoms with Gasteiger partial charge in [-0.25, -0.2) is 18.0 Å². The van der Waals surface area contributed by atoms with Crippen LogP contribution in [0.15, 0.2) is 69.4 Å². The highest BCUT2D eigenvalue weighted by molar-refractivity contribution is 7.99. The Hall–Kier alpha value is -2.91. The SMILES string of the molecule is CCC(=O)N(C(=O)CC)c1c(S(=O)(=O)c2ccccc2)c(SC)nn1Cc1ccccc1C. The van der Waals surface area contributed by atoms with E-state index in [-0.39, 0.29) is 40.0 Å². The van der Waals surface area contributed by atoms with Crippen molar-refractivity contribution in [3.63, 3.8) is 0 Å². The zero-order chi connectivity index (χ0) is 24.2. The van der Waals surface area contributed by atoms with Crippen LogP contribution in [0.2, 0.25) is 0 Å². The molecule has 0 unspecified atom stereocenters. The molecule has 33 heavy (non-hydrogen) atoms. The lowest BCUT2D eigenvalue weighted by Gasteiger charge is -2.23. The highest BCUT2D eigenvalue weighted by Gasteiger charge is 2.37. The molecule has 3 rings (SSSR count). The summed E-state index contributed by atoms with van der Waals surface area (Å²) in [7, 11) is -4.07. The fourth-order valence-corrected chi connectivity index (χ4v) is 5.96. The zero-order valence-electron chi connectivity index (χ0n) is 19.1. The summed E-state index contributed by atoms with van der Waals surface area (Å²) in [6.45, 7) is 5.44. The average Bonchev–Trinajstić information content (AvgIpc) is 3.19. The van der Waals surface area contributed by atoms with Crippen molar-refractivity contribution in [1.29, 1.82) is 0 Å². The standard InChI is InChI=1S/C24H27N3O4S2/c1-5-20(28)27(21(29)6-2)24-22(33(30,31)19-14-8-7-9-15-19)23(32-4)25-26(24)16-18-13-11-10-12-17(18)3/h7-15H,5-6,16H2,1-4H3. The minimum atomic E-state index is -4.07. The highest BCUT2D eigenvalue weighted by atomic mass is 32.2. The van der Waals surface area contributed by atoms with Crippen molar-refractivity contribution in [3.8, 4) is 0 Å². The van der Waals surface area contributed by atoms with Gasteiger partial charge in [0.25, 0.3) is 0 Å². The molecule has 0 aliphatic heterocycles. The molecule has 0 N–H and O–H groups in total. The smallest absolute Gasteiger partial charge is 0.234 e. The molecule has 174 valence electrons. The number of sulfone groups is 1. The van der Waals surface area contributed by atoms with Gasteiger partial charge in [0.15, 0.2) is 5.82 Å². The highest BCUT2D eigenvalue weighted by Crippen LogP contribution is 2.38. The molecule has 3 aromatic rings. The number of nitrogens with zero attached hydrogens (tertiary/aromatic N) is 3. The minimum Gasteiger partial charge on any atom is -0.274 e. The molecule has 0 atom stereocenters. The summed E-state index contributed by atoms with van der Waals surface area (Å²) in [6.07, 6.45) is 1.81. The van der Waals surface area contributed by atoms with E-state index >= 15 is 0 Å². The maximum absolute atomic E-state index is 13.8. The van der Waals surface area contributed by atoms with Crippen molar-refractivity contribution >= 4 is 39.2 Å². The quantitative estimate of drug-likeness (QED) is 0.437. The largest absolute Gasteiger partial charge is 0.274 e. The first-order valence-electron chi connectivity index (χ1n) is 10.6. The Morgan fingerprint density at radius 3 is 2.09 bits per heavy atom. The molecule has 0 aliphatic rings. The number of hydrogen-bond donors (Lipinski definition) is 0. The van der Waals surface area contributed by atoms with Gasteiger partial charge in [0, 0.05) is 12.8 Å². The predicted molar refractivity (Wildman–Crippen MR) is 129 cm³/mol. The van der Waals surface area contributed by atoms with Gasteiger partial charge in [-0.2, -0.15) is 5.10 Å². The van der Waals surface area contributed by atoms with Gasteiger partial charge in [-0.05, 0) is 36.4 Å². The summed E-state index contributed by atoms with van der Waals surface area (Å²) in [5, 5.41) is 4.80. The summed E-state index contributed by atoms with van der Waals surface area (Å²) >= 11 is 1.16. The van der Waals surface area contributed by atoms with E-state index in [0.29, 0.717) is 0 Å². The molecule has 2 aromatic carbocycles. The lowest BCUT2D eigenvalue weighted by molar-refractivity contribution is -0.126. The number of anilines is 1. The first-order valence-corrected chi connectivity index (χ1v) is 13.3. The number of thioether (sulfide) groups is 1. The second kappa shape index (κ2) is 10.4. The predicted octanol–water partition coefficient (Wildman–Crippen LogP) is 4.47. The van der Waals surface area contributed by atoms with Crippen molar-refractivity contribution in [1.82, 2.24) is 9.78 Å². The van der Waals surface area contributed by atoms with E-state index in [1.807, 2.05) is 31.2 Å².